The number of likely N-dealkylation sites (tertiary alicyclic amines) is 1. The highest BCUT2D eigenvalue weighted by molar-refractivity contribution is 5.77. The van der Waals surface area contributed by atoms with E-state index in [1.807, 2.05) is 26.4 Å². The van der Waals surface area contributed by atoms with Crippen LogP contribution in [0.5, 0.6) is 0 Å². The Kier molecular flexibility index (Phi) is 4.34. The number of anilines is 1. The molecule has 1 amide bonds. The molecule has 1 aromatic rings. The molecule has 0 N–H and O–H groups in total. The molecule has 0 aromatic carbocycles. The van der Waals surface area contributed by atoms with Gasteiger partial charge in [0.25, 0.3) is 0 Å². The normalized spacial score (nSPS) is 25.6. The summed E-state index contributed by atoms with van der Waals surface area (Å²) in [4.78, 5) is 22.9. The van der Waals surface area contributed by atoms with Crippen LogP contribution in [-0.4, -0.2) is 67.5 Å². The molecule has 2 fully saturated rings. The first kappa shape index (κ1) is 15.3. The Balaban J connectivity index is 1.63. The van der Waals surface area contributed by atoms with Gasteiger partial charge in [-0.25, -0.2) is 4.98 Å². The van der Waals surface area contributed by atoms with Crippen LogP contribution in [0.25, 0.3) is 0 Å². The Hall–Kier alpha value is -1.62. The number of rotatable bonds is 3. The summed E-state index contributed by atoms with van der Waals surface area (Å²) in [6, 6.07) is 6.11. The molecule has 0 saturated carbocycles. The smallest absolute Gasteiger partial charge is 0.236 e. The Bertz CT molecular complexity index is 519. The molecule has 3 heterocycles. The van der Waals surface area contributed by atoms with Crippen LogP contribution in [0, 0.1) is 5.41 Å². The molecule has 22 heavy (non-hydrogen) atoms. The number of carbonyl (C=O) groups is 1. The van der Waals surface area contributed by atoms with Gasteiger partial charge >= 0.3 is 0 Å². The Morgan fingerprint density at radius 1 is 1.27 bits per heavy atom. The number of piperidine rings is 1. The van der Waals surface area contributed by atoms with E-state index in [2.05, 4.69) is 26.9 Å². The SMILES string of the molecule is CN(C)C(=O)CN1CCC[C@]2(CCN(c3ccccn3)C2)C1. The molecule has 2 saturated heterocycles. The summed E-state index contributed by atoms with van der Waals surface area (Å²) < 4.78 is 0. The molecule has 3 rings (SSSR count). The summed E-state index contributed by atoms with van der Waals surface area (Å²) in [7, 11) is 3.67. The third-order valence-corrected chi connectivity index (χ3v) is 5.01. The Morgan fingerprint density at radius 3 is 2.86 bits per heavy atom. The summed E-state index contributed by atoms with van der Waals surface area (Å²) in [5.74, 6) is 1.29. The van der Waals surface area contributed by atoms with E-state index in [0.717, 1.165) is 32.0 Å². The zero-order valence-electron chi connectivity index (χ0n) is 13.7. The molecule has 5 nitrogen and oxygen atoms in total. The van der Waals surface area contributed by atoms with Gasteiger partial charge in [-0.3, -0.25) is 9.69 Å². The molecule has 2 aliphatic heterocycles. The zero-order chi connectivity index (χ0) is 15.6. The molecule has 0 aliphatic carbocycles. The zero-order valence-corrected chi connectivity index (χ0v) is 13.7. The second kappa shape index (κ2) is 6.24. The maximum absolute atomic E-state index is 12.0. The molecule has 2 aliphatic rings. The van der Waals surface area contributed by atoms with Crippen LogP contribution in [0.3, 0.4) is 0 Å². The molecule has 1 atom stereocenters. The highest BCUT2D eigenvalue weighted by Crippen LogP contribution is 2.40. The third kappa shape index (κ3) is 3.24. The second-order valence-corrected chi connectivity index (χ2v) is 6.96. The summed E-state index contributed by atoms with van der Waals surface area (Å²) in [6.45, 7) is 4.78. The predicted octanol–water partition coefficient (Wildman–Crippen LogP) is 1.46. The predicted molar refractivity (Wildman–Crippen MR) is 87.9 cm³/mol. The molecular weight excluding hydrogens is 276 g/mol. The van der Waals surface area contributed by atoms with Crippen molar-refractivity contribution in [2.75, 3.05) is 51.7 Å². The lowest BCUT2D eigenvalue weighted by atomic mass is 9.79. The number of hydrogen-bond donors (Lipinski definition) is 0. The van der Waals surface area contributed by atoms with Crippen molar-refractivity contribution in [2.24, 2.45) is 5.41 Å². The van der Waals surface area contributed by atoms with Gasteiger partial charge in [0, 0.05) is 45.3 Å². The van der Waals surface area contributed by atoms with E-state index >= 15 is 0 Å². The average molecular weight is 302 g/mol. The fraction of sp³-hybridized carbons (Fsp3) is 0.647. The van der Waals surface area contributed by atoms with E-state index in [0.29, 0.717) is 12.0 Å². The van der Waals surface area contributed by atoms with E-state index < -0.39 is 0 Å². The summed E-state index contributed by atoms with van der Waals surface area (Å²) in [6.07, 6.45) is 5.53. The number of hydrogen-bond acceptors (Lipinski definition) is 4. The molecule has 1 spiro atoms. The number of carbonyl (C=O) groups excluding carboxylic acids is 1. The van der Waals surface area contributed by atoms with E-state index in [1.165, 1.54) is 19.3 Å². The van der Waals surface area contributed by atoms with Crippen LogP contribution in [0.1, 0.15) is 19.3 Å². The van der Waals surface area contributed by atoms with E-state index in [-0.39, 0.29) is 5.91 Å². The number of pyridine rings is 1. The van der Waals surface area contributed by atoms with Gasteiger partial charge in [0.15, 0.2) is 0 Å². The first-order valence-electron chi connectivity index (χ1n) is 8.17. The lowest BCUT2D eigenvalue weighted by molar-refractivity contribution is -0.130. The first-order chi connectivity index (χ1) is 10.6. The lowest BCUT2D eigenvalue weighted by Crippen LogP contribution is -2.48. The number of aromatic nitrogens is 1. The van der Waals surface area contributed by atoms with Crippen molar-refractivity contribution in [2.45, 2.75) is 19.3 Å². The number of nitrogens with zero attached hydrogens (tertiary/aromatic N) is 4. The minimum Gasteiger partial charge on any atom is -0.356 e. The highest BCUT2D eigenvalue weighted by atomic mass is 16.2. The number of amides is 1. The van der Waals surface area contributed by atoms with Crippen LogP contribution >= 0.6 is 0 Å². The maximum atomic E-state index is 12.0. The first-order valence-corrected chi connectivity index (χ1v) is 8.17. The Labute approximate surface area is 132 Å². The second-order valence-electron chi connectivity index (χ2n) is 6.96. The van der Waals surface area contributed by atoms with Gasteiger partial charge in [0.1, 0.15) is 5.82 Å². The lowest BCUT2D eigenvalue weighted by Gasteiger charge is -2.40. The van der Waals surface area contributed by atoms with Crippen LogP contribution in [0.15, 0.2) is 24.4 Å². The van der Waals surface area contributed by atoms with Crippen LogP contribution < -0.4 is 4.90 Å². The van der Waals surface area contributed by atoms with Crippen LogP contribution in [0.4, 0.5) is 5.82 Å². The van der Waals surface area contributed by atoms with Crippen molar-refractivity contribution in [3.05, 3.63) is 24.4 Å². The van der Waals surface area contributed by atoms with Crippen molar-refractivity contribution in [1.82, 2.24) is 14.8 Å². The Morgan fingerprint density at radius 2 is 2.14 bits per heavy atom. The molecule has 0 radical (unpaired) electrons. The highest BCUT2D eigenvalue weighted by Gasteiger charge is 2.41. The topological polar surface area (TPSA) is 39.7 Å². The van der Waals surface area contributed by atoms with E-state index in [4.69, 9.17) is 0 Å². The molecule has 5 heteroatoms. The quantitative estimate of drug-likeness (QED) is 0.847. The van der Waals surface area contributed by atoms with Gasteiger partial charge in [-0.05, 0) is 37.9 Å². The van der Waals surface area contributed by atoms with Gasteiger partial charge < -0.3 is 9.80 Å². The monoisotopic (exact) mass is 302 g/mol. The standard InChI is InChI=1S/C17H26N4O/c1-19(2)16(22)12-20-10-5-7-17(13-20)8-11-21(14-17)15-6-3-4-9-18-15/h3-4,6,9H,5,7-8,10-14H2,1-2H3/t17-/m0/s1. The largest absolute Gasteiger partial charge is 0.356 e. The van der Waals surface area contributed by atoms with Gasteiger partial charge in [-0.15, -0.1) is 0 Å². The van der Waals surface area contributed by atoms with Crippen molar-refractivity contribution < 1.29 is 4.79 Å². The number of likely N-dealkylation sites (N-methyl/N-ethyl adjacent to an activating group) is 1. The van der Waals surface area contributed by atoms with Crippen molar-refractivity contribution in [3.63, 3.8) is 0 Å². The summed E-state index contributed by atoms with van der Waals surface area (Å²) >= 11 is 0. The molecule has 120 valence electrons. The van der Waals surface area contributed by atoms with E-state index in [9.17, 15) is 4.79 Å². The average Bonchev–Trinajstić information content (AvgIpc) is 2.91. The van der Waals surface area contributed by atoms with Crippen molar-refractivity contribution in [1.29, 1.82) is 0 Å². The minimum atomic E-state index is 0.205. The van der Waals surface area contributed by atoms with Gasteiger partial charge in [0.2, 0.25) is 5.91 Å². The molecule has 0 bridgehead atoms. The third-order valence-electron chi connectivity index (χ3n) is 5.01. The molecule has 0 unspecified atom stereocenters. The summed E-state index contributed by atoms with van der Waals surface area (Å²) in [5, 5.41) is 0. The van der Waals surface area contributed by atoms with E-state index in [1.54, 1.807) is 4.90 Å². The van der Waals surface area contributed by atoms with Gasteiger partial charge in [-0.1, -0.05) is 6.07 Å². The van der Waals surface area contributed by atoms with Crippen molar-refractivity contribution in [3.8, 4) is 0 Å². The fourth-order valence-electron chi connectivity index (χ4n) is 3.78. The maximum Gasteiger partial charge on any atom is 0.236 e. The van der Waals surface area contributed by atoms with Gasteiger partial charge in [-0.2, -0.15) is 0 Å². The van der Waals surface area contributed by atoms with Gasteiger partial charge in [0.05, 0.1) is 6.54 Å². The van der Waals surface area contributed by atoms with Crippen molar-refractivity contribution >= 4 is 11.7 Å². The van der Waals surface area contributed by atoms with Crippen LogP contribution in [0.2, 0.25) is 0 Å². The van der Waals surface area contributed by atoms with Crippen LogP contribution in [-0.2, 0) is 4.79 Å². The molecule has 1 aromatic heterocycles. The summed E-state index contributed by atoms with van der Waals surface area (Å²) in [5.41, 5.74) is 0.336. The fourth-order valence-corrected chi connectivity index (χ4v) is 3.78. The molecular formula is C17H26N4O. The minimum absolute atomic E-state index is 0.205.